The summed E-state index contributed by atoms with van der Waals surface area (Å²) in [6, 6.07) is 0. The van der Waals surface area contributed by atoms with Crippen molar-refractivity contribution in [3.63, 3.8) is 0 Å². The van der Waals surface area contributed by atoms with Crippen molar-refractivity contribution >= 4 is 11.7 Å². The summed E-state index contributed by atoms with van der Waals surface area (Å²) in [5.41, 5.74) is 2.80. The number of carbonyl (C=O) groups excluding carboxylic acids is 1. The van der Waals surface area contributed by atoms with Gasteiger partial charge in [0.15, 0.2) is 5.71 Å². The molecule has 3 nitrogen and oxygen atoms in total. The highest BCUT2D eigenvalue weighted by molar-refractivity contribution is 6.46. The molecule has 0 aromatic carbocycles. The van der Waals surface area contributed by atoms with E-state index < -0.39 is 0 Å². The number of rotatable bonds is 2. The fraction of sp³-hybridized carbons (Fsp3) is 0.500. The van der Waals surface area contributed by atoms with Crippen LogP contribution in [0.2, 0.25) is 0 Å². The summed E-state index contributed by atoms with van der Waals surface area (Å²) in [4.78, 5) is 15.1. The highest BCUT2D eigenvalue weighted by Crippen LogP contribution is 2.37. The third-order valence-corrected chi connectivity index (χ3v) is 1.96. The molecule has 1 aliphatic carbocycles. The Labute approximate surface area is 64.8 Å². The Morgan fingerprint density at radius 1 is 1.64 bits per heavy atom. The number of esters is 1. The predicted octanol–water partition coefficient (Wildman–Crippen LogP) is 1.05. The molecule has 1 aliphatic heterocycles. The van der Waals surface area contributed by atoms with Gasteiger partial charge in [-0.25, -0.2) is 9.79 Å². The number of carbonyl (C=O) groups is 1. The van der Waals surface area contributed by atoms with E-state index in [-0.39, 0.29) is 5.97 Å². The van der Waals surface area contributed by atoms with Crippen molar-refractivity contribution in [1.29, 1.82) is 0 Å². The zero-order valence-electron chi connectivity index (χ0n) is 6.39. The van der Waals surface area contributed by atoms with Crippen LogP contribution in [0.5, 0.6) is 0 Å². The van der Waals surface area contributed by atoms with E-state index >= 15 is 0 Å². The number of ether oxygens (including phenoxy) is 1. The Morgan fingerprint density at radius 3 is 2.82 bits per heavy atom. The molecule has 0 N–H and O–H groups in total. The Kier molecular flexibility index (Phi) is 1.31. The van der Waals surface area contributed by atoms with Gasteiger partial charge in [0.2, 0.25) is 0 Å². The Morgan fingerprint density at radius 2 is 2.45 bits per heavy atom. The Bertz CT molecular complexity index is 276. The first-order valence-electron chi connectivity index (χ1n) is 3.81. The van der Waals surface area contributed by atoms with Gasteiger partial charge in [-0.1, -0.05) is 0 Å². The molecular weight excluding hydrogens is 142 g/mol. The molecule has 0 saturated carbocycles. The van der Waals surface area contributed by atoms with Gasteiger partial charge in [-0.3, -0.25) is 0 Å². The van der Waals surface area contributed by atoms with Gasteiger partial charge < -0.3 is 4.74 Å². The summed E-state index contributed by atoms with van der Waals surface area (Å²) in [6.45, 7) is 2.23. The molecule has 0 saturated heterocycles. The van der Waals surface area contributed by atoms with E-state index in [1.54, 1.807) is 6.92 Å². The summed E-state index contributed by atoms with van der Waals surface area (Å²) in [7, 11) is 0. The third-order valence-electron chi connectivity index (χ3n) is 1.96. The Balaban J connectivity index is 1.99. The maximum atomic E-state index is 11.0. The highest BCUT2D eigenvalue weighted by atomic mass is 16.5. The van der Waals surface area contributed by atoms with Crippen LogP contribution in [0.4, 0.5) is 0 Å². The van der Waals surface area contributed by atoms with E-state index in [0.29, 0.717) is 12.3 Å². The first-order valence-corrected chi connectivity index (χ1v) is 3.81. The average Bonchev–Trinajstić information content (AvgIpc) is 1.95. The number of hydrogen-bond donors (Lipinski definition) is 0. The molecule has 0 amide bonds. The molecule has 1 heterocycles. The molecule has 0 bridgehead atoms. The summed E-state index contributed by atoms with van der Waals surface area (Å²) in [6.07, 6.45) is 2.05. The van der Waals surface area contributed by atoms with Gasteiger partial charge in [0.25, 0.3) is 0 Å². The van der Waals surface area contributed by atoms with Crippen molar-refractivity contribution in [2.24, 2.45) is 4.99 Å². The fourth-order valence-corrected chi connectivity index (χ4v) is 1.26. The van der Waals surface area contributed by atoms with Gasteiger partial charge in [-0.2, -0.15) is 0 Å². The van der Waals surface area contributed by atoms with Gasteiger partial charge >= 0.3 is 5.97 Å². The SMILES string of the molecule is CCOC(=O)C1=NC2=C1CC2. The lowest BCUT2D eigenvalue weighted by Gasteiger charge is -2.28. The van der Waals surface area contributed by atoms with E-state index in [9.17, 15) is 4.79 Å². The summed E-state index contributed by atoms with van der Waals surface area (Å²) >= 11 is 0. The Hall–Kier alpha value is -1.12. The zero-order valence-corrected chi connectivity index (χ0v) is 6.39. The monoisotopic (exact) mass is 151 g/mol. The zero-order chi connectivity index (χ0) is 7.84. The standard InChI is InChI=1S/C8H9NO2/c1-2-11-8(10)7-5-3-4-6(5)9-7/h2-4H2,1H3. The number of nitrogens with zero attached hydrogens (tertiary/aromatic N) is 1. The molecule has 0 radical (unpaired) electrons. The molecule has 0 fully saturated rings. The van der Waals surface area contributed by atoms with Crippen LogP contribution in [-0.2, 0) is 9.53 Å². The first kappa shape index (κ1) is 6.58. The van der Waals surface area contributed by atoms with Gasteiger partial charge in [-0.15, -0.1) is 0 Å². The average molecular weight is 151 g/mol. The minimum atomic E-state index is -0.258. The van der Waals surface area contributed by atoms with Crippen LogP contribution < -0.4 is 0 Å². The van der Waals surface area contributed by atoms with E-state index in [4.69, 9.17) is 4.74 Å². The third kappa shape index (κ3) is 0.803. The van der Waals surface area contributed by atoms with Crippen LogP contribution in [-0.4, -0.2) is 18.3 Å². The minimum Gasteiger partial charge on any atom is -0.461 e. The number of allylic oxidation sites excluding steroid dienone is 1. The van der Waals surface area contributed by atoms with Crippen LogP contribution in [0.25, 0.3) is 0 Å². The lowest BCUT2D eigenvalue weighted by atomic mass is 9.85. The first-order chi connectivity index (χ1) is 5.33. The lowest BCUT2D eigenvalue weighted by Crippen LogP contribution is -2.31. The number of hydrogen-bond acceptors (Lipinski definition) is 3. The van der Waals surface area contributed by atoms with Crippen LogP contribution in [0.1, 0.15) is 19.8 Å². The van der Waals surface area contributed by atoms with E-state index in [1.807, 2.05) is 0 Å². The second kappa shape index (κ2) is 2.19. The van der Waals surface area contributed by atoms with Crippen LogP contribution in [0.3, 0.4) is 0 Å². The molecule has 0 atom stereocenters. The minimum absolute atomic E-state index is 0.258. The second-order valence-corrected chi connectivity index (χ2v) is 2.61. The fourth-order valence-electron chi connectivity index (χ4n) is 1.26. The van der Waals surface area contributed by atoms with Crippen LogP contribution >= 0.6 is 0 Å². The van der Waals surface area contributed by atoms with Gasteiger partial charge in [0.05, 0.1) is 6.61 Å². The molecule has 11 heavy (non-hydrogen) atoms. The topological polar surface area (TPSA) is 38.7 Å². The molecule has 0 aromatic heterocycles. The van der Waals surface area contributed by atoms with Gasteiger partial charge in [0, 0.05) is 11.3 Å². The van der Waals surface area contributed by atoms with Crippen molar-refractivity contribution in [2.75, 3.05) is 6.61 Å². The largest absolute Gasteiger partial charge is 0.461 e. The molecule has 2 aliphatic rings. The van der Waals surface area contributed by atoms with Crippen molar-refractivity contribution in [2.45, 2.75) is 19.8 Å². The van der Waals surface area contributed by atoms with Crippen molar-refractivity contribution in [3.8, 4) is 0 Å². The van der Waals surface area contributed by atoms with Crippen molar-refractivity contribution in [3.05, 3.63) is 11.3 Å². The molecule has 0 unspecified atom stereocenters. The van der Waals surface area contributed by atoms with E-state index in [2.05, 4.69) is 4.99 Å². The van der Waals surface area contributed by atoms with Crippen molar-refractivity contribution < 1.29 is 9.53 Å². The van der Waals surface area contributed by atoms with Gasteiger partial charge in [0.1, 0.15) is 0 Å². The number of aliphatic imine (C=N–C) groups is 1. The van der Waals surface area contributed by atoms with Crippen LogP contribution in [0.15, 0.2) is 16.3 Å². The summed E-state index contributed by atoms with van der Waals surface area (Å²) in [5, 5.41) is 0. The van der Waals surface area contributed by atoms with E-state index in [0.717, 1.165) is 24.1 Å². The summed E-state index contributed by atoms with van der Waals surface area (Å²) < 4.78 is 4.79. The normalized spacial score (nSPS) is 19.5. The second-order valence-electron chi connectivity index (χ2n) is 2.61. The molecule has 0 aromatic rings. The van der Waals surface area contributed by atoms with Crippen molar-refractivity contribution in [1.82, 2.24) is 0 Å². The lowest BCUT2D eigenvalue weighted by molar-refractivity contribution is -0.135. The summed E-state index contributed by atoms with van der Waals surface area (Å²) in [5.74, 6) is -0.258. The molecule has 3 heteroatoms. The maximum Gasteiger partial charge on any atom is 0.357 e. The molecular formula is C8H9NO2. The van der Waals surface area contributed by atoms with Gasteiger partial charge in [-0.05, 0) is 19.8 Å². The highest BCUT2D eigenvalue weighted by Gasteiger charge is 2.34. The molecule has 0 spiro atoms. The molecule has 2 rings (SSSR count). The maximum absolute atomic E-state index is 11.0. The molecule has 58 valence electrons. The smallest absolute Gasteiger partial charge is 0.357 e. The van der Waals surface area contributed by atoms with E-state index in [1.165, 1.54) is 0 Å². The van der Waals surface area contributed by atoms with Crippen LogP contribution in [0, 0.1) is 0 Å². The quantitative estimate of drug-likeness (QED) is 0.553. The predicted molar refractivity (Wildman–Crippen MR) is 40.3 cm³/mol.